The largest absolute Gasteiger partial charge is 0.352 e. The minimum Gasteiger partial charge on any atom is -0.352 e. The Morgan fingerprint density at radius 2 is 1.72 bits per heavy atom. The highest BCUT2D eigenvalue weighted by atomic mass is 16.2. The third kappa shape index (κ3) is 1.68. The Hall–Kier alpha value is -1.84. The fourth-order valence-electron chi connectivity index (χ4n) is 2.18. The van der Waals surface area contributed by atoms with Crippen molar-refractivity contribution < 1.29 is 4.79 Å². The second-order valence-corrected chi connectivity index (χ2v) is 4.90. The van der Waals surface area contributed by atoms with Crippen molar-refractivity contribution in [3.8, 4) is 0 Å². The zero-order valence-corrected chi connectivity index (χ0v) is 11.7. The Bertz CT molecular complexity index is 548. The van der Waals surface area contributed by atoms with Crippen molar-refractivity contribution in [3.63, 3.8) is 0 Å². The summed E-state index contributed by atoms with van der Waals surface area (Å²) in [5, 5.41) is 0. The predicted molar refractivity (Wildman–Crippen MR) is 72.4 cm³/mol. The number of hydrogen-bond donors (Lipinski definition) is 0. The van der Waals surface area contributed by atoms with Gasteiger partial charge in [-0.25, -0.2) is 9.88 Å². The molecule has 0 atom stereocenters. The number of hydrogen-bond acceptors (Lipinski definition) is 3. The number of aromatic nitrogens is 1. The molecule has 2 rings (SSSR count). The number of likely N-dealkylation sites (N-methyl/N-ethyl adjacent to an activating group) is 1. The van der Waals surface area contributed by atoms with Crippen LogP contribution in [-0.4, -0.2) is 29.4 Å². The van der Waals surface area contributed by atoms with Crippen molar-refractivity contribution in [1.82, 2.24) is 9.88 Å². The summed E-state index contributed by atoms with van der Waals surface area (Å²) in [5.41, 5.74) is 4.38. The van der Waals surface area contributed by atoms with Crippen molar-refractivity contribution in [3.05, 3.63) is 34.8 Å². The predicted octanol–water partition coefficient (Wildman–Crippen LogP) is 2.06. The molecule has 1 aliphatic heterocycles. The Kier molecular flexibility index (Phi) is 2.89. The molecule has 1 aromatic rings. The van der Waals surface area contributed by atoms with Crippen LogP contribution < -0.4 is 4.90 Å². The van der Waals surface area contributed by atoms with E-state index in [1.54, 1.807) is 4.90 Å². The average Bonchev–Trinajstić information content (AvgIpc) is 2.56. The topological polar surface area (TPSA) is 36.4 Å². The summed E-state index contributed by atoms with van der Waals surface area (Å²) in [6.07, 6.45) is 0. The number of amides is 1. The van der Waals surface area contributed by atoms with Gasteiger partial charge >= 0.3 is 0 Å². The van der Waals surface area contributed by atoms with E-state index in [1.807, 2.05) is 25.8 Å². The zero-order valence-electron chi connectivity index (χ0n) is 11.7. The molecule has 4 heteroatoms. The molecule has 0 aliphatic carbocycles. The molecular formula is C14H19N3O. The molecule has 2 heterocycles. The average molecular weight is 245 g/mol. The Labute approximate surface area is 108 Å². The van der Waals surface area contributed by atoms with E-state index in [4.69, 9.17) is 0 Å². The summed E-state index contributed by atoms with van der Waals surface area (Å²) in [6.45, 7) is 12.4. The number of carbonyl (C=O) groups is 1. The Morgan fingerprint density at radius 3 is 2.22 bits per heavy atom. The first-order valence-corrected chi connectivity index (χ1v) is 6.02. The van der Waals surface area contributed by atoms with Gasteiger partial charge in [-0.2, -0.15) is 0 Å². The summed E-state index contributed by atoms with van der Waals surface area (Å²) in [4.78, 5) is 20.1. The van der Waals surface area contributed by atoms with Crippen LogP contribution in [0.3, 0.4) is 0 Å². The van der Waals surface area contributed by atoms with Gasteiger partial charge in [-0.3, -0.25) is 4.79 Å². The molecule has 0 N–H and O–H groups in total. The van der Waals surface area contributed by atoms with Crippen molar-refractivity contribution >= 4 is 11.7 Å². The quantitative estimate of drug-likeness (QED) is 0.760. The van der Waals surface area contributed by atoms with E-state index < -0.39 is 0 Å². The first kappa shape index (κ1) is 12.6. The highest BCUT2D eigenvalue weighted by molar-refractivity contribution is 6.00. The molecule has 0 aromatic carbocycles. The molecule has 0 saturated carbocycles. The number of aryl methyl sites for hydroxylation is 1. The van der Waals surface area contributed by atoms with Crippen LogP contribution in [0.5, 0.6) is 0 Å². The zero-order chi connectivity index (χ0) is 13.6. The lowest BCUT2D eigenvalue weighted by molar-refractivity contribution is -0.116. The van der Waals surface area contributed by atoms with Gasteiger partial charge in [0.05, 0.1) is 6.54 Å². The van der Waals surface area contributed by atoms with E-state index in [9.17, 15) is 4.79 Å². The van der Waals surface area contributed by atoms with Crippen LogP contribution in [-0.2, 0) is 4.79 Å². The number of carbonyl (C=O) groups excluding carboxylic acids is 1. The van der Waals surface area contributed by atoms with Crippen LogP contribution in [0.25, 0.3) is 0 Å². The molecule has 0 radical (unpaired) electrons. The van der Waals surface area contributed by atoms with E-state index in [1.165, 1.54) is 11.1 Å². The van der Waals surface area contributed by atoms with Crippen LogP contribution in [0.15, 0.2) is 12.4 Å². The second kappa shape index (κ2) is 4.12. The highest BCUT2D eigenvalue weighted by Gasteiger charge is 2.32. The van der Waals surface area contributed by atoms with Crippen molar-refractivity contribution in [2.24, 2.45) is 0 Å². The highest BCUT2D eigenvalue weighted by Crippen LogP contribution is 2.30. The minimum atomic E-state index is 0.0285. The van der Waals surface area contributed by atoms with Crippen LogP contribution in [0.1, 0.15) is 22.4 Å². The first-order chi connectivity index (χ1) is 8.34. The van der Waals surface area contributed by atoms with Gasteiger partial charge < -0.3 is 4.90 Å². The Balaban J connectivity index is 2.59. The summed E-state index contributed by atoms with van der Waals surface area (Å²) in [7, 11) is 1.86. The number of anilines is 1. The van der Waals surface area contributed by atoms with Crippen molar-refractivity contribution in [1.29, 1.82) is 0 Å². The molecule has 18 heavy (non-hydrogen) atoms. The molecule has 96 valence electrons. The lowest BCUT2D eigenvalue weighted by Gasteiger charge is -2.22. The molecule has 1 fully saturated rings. The monoisotopic (exact) mass is 245 g/mol. The maximum atomic E-state index is 12.0. The van der Waals surface area contributed by atoms with Crippen molar-refractivity contribution in [2.45, 2.75) is 27.7 Å². The number of nitrogens with zero attached hydrogens (tertiary/aromatic N) is 3. The first-order valence-electron chi connectivity index (χ1n) is 6.02. The van der Waals surface area contributed by atoms with Gasteiger partial charge in [0, 0.05) is 12.7 Å². The third-order valence-electron chi connectivity index (χ3n) is 3.81. The maximum Gasteiger partial charge on any atom is 0.253 e. The summed E-state index contributed by atoms with van der Waals surface area (Å²) in [6, 6.07) is 0. The smallest absolute Gasteiger partial charge is 0.253 e. The molecule has 0 bridgehead atoms. The standard InChI is InChI=1S/C14H19N3O/c1-8-9(2)11(4)15-14(10(8)3)17-12(5)16(6)7-13(17)18/h5,7H2,1-4,6H3. The third-order valence-corrected chi connectivity index (χ3v) is 3.81. The van der Waals surface area contributed by atoms with Gasteiger partial charge in [0.2, 0.25) is 0 Å². The van der Waals surface area contributed by atoms with E-state index in [2.05, 4.69) is 25.4 Å². The lowest BCUT2D eigenvalue weighted by Crippen LogP contribution is -2.26. The fraction of sp³-hybridized carbons (Fsp3) is 0.429. The number of pyridine rings is 1. The van der Waals surface area contributed by atoms with Crippen LogP contribution in [0.2, 0.25) is 0 Å². The second-order valence-electron chi connectivity index (χ2n) is 4.90. The van der Waals surface area contributed by atoms with Crippen LogP contribution in [0.4, 0.5) is 5.82 Å². The van der Waals surface area contributed by atoms with Crippen LogP contribution >= 0.6 is 0 Å². The molecule has 1 aliphatic rings. The summed E-state index contributed by atoms with van der Waals surface area (Å²) >= 11 is 0. The van der Waals surface area contributed by atoms with E-state index in [0.717, 1.165) is 17.1 Å². The SMILES string of the molecule is C=C1N(C)CC(=O)N1c1nc(C)c(C)c(C)c1C. The lowest BCUT2D eigenvalue weighted by atomic mass is 10.0. The van der Waals surface area contributed by atoms with Gasteiger partial charge in [0.15, 0.2) is 0 Å². The van der Waals surface area contributed by atoms with E-state index in [0.29, 0.717) is 12.4 Å². The van der Waals surface area contributed by atoms with Gasteiger partial charge in [-0.1, -0.05) is 6.58 Å². The molecular weight excluding hydrogens is 226 g/mol. The Morgan fingerprint density at radius 1 is 1.11 bits per heavy atom. The minimum absolute atomic E-state index is 0.0285. The summed E-state index contributed by atoms with van der Waals surface area (Å²) in [5.74, 6) is 1.44. The number of rotatable bonds is 1. The van der Waals surface area contributed by atoms with E-state index in [-0.39, 0.29) is 5.91 Å². The maximum absolute atomic E-state index is 12.0. The fourth-order valence-corrected chi connectivity index (χ4v) is 2.18. The van der Waals surface area contributed by atoms with E-state index >= 15 is 0 Å². The van der Waals surface area contributed by atoms with Crippen LogP contribution in [0, 0.1) is 27.7 Å². The molecule has 0 unspecified atom stereocenters. The molecule has 4 nitrogen and oxygen atoms in total. The normalized spacial score (nSPS) is 15.8. The van der Waals surface area contributed by atoms with Gasteiger partial charge in [0.1, 0.15) is 11.6 Å². The molecule has 1 aromatic heterocycles. The summed E-state index contributed by atoms with van der Waals surface area (Å²) < 4.78 is 0. The van der Waals surface area contributed by atoms with Crippen molar-refractivity contribution in [2.75, 3.05) is 18.5 Å². The molecule has 0 spiro atoms. The van der Waals surface area contributed by atoms with Gasteiger partial charge in [-0.05, 0) is 44.4 Å². The van der Waals surface area contributed by atoms with Gasteiger partial charge in [-0.15, -0.1) is 0 Å². The van der Waals surface area contributed by atoms with Gasteiger partial charge in [0.25, 0.3) is 5.91 Å². The molecule has 1 saturated heterocycles. The molecule has 1 amide bonds.